The van der Waals surface area contributed by atoms with Crippen molar-refractivity contribution in [1.82, 2.24) is 5.32 Å². The Hall–Kier alpha value is -0.540. The molecule has 0 aromatic carbocycles. The van der Waals surface area contributed by atoms with Crippen LogP contribution in [0.15, 0.2) is 11.4 Å². The second kappa shape index (κ2) is 4.11. The van der Waals surface area contributed by atoms with E-state index in [1.165, 1.54) is 24.3 Å². The highest BCUT2D eigenvalue weighted by Crippen LogP contribution is 2.28. The van der Waals surface area contributed by atoms with Crippen LogP contribution in [-0.4, -0.2) is 13.7 Å². The van der Waals surface area contributed by atoms with Crippen molar-refractivity contribution in [3.05, 3.63) is 16.3 Å². The van der Waals surface area contributed by atoms with E-state index in [4.69, 9.17) is 4.74 Å². The van der Waals surface area contributed by atoms with Crippen LogP contribution in [0.2, 0.25) is 0 Å². The van der Waals surface area contributed by atoms with E-state index in [0.29, 0.717) is 0 Å². The van der Waals surface area contributed by atoms with Crippen LogP contribution in [-0.2, 0) is 6.54 Å². The molecule has 0 spiro atoms. The average molecular weight is 197 g/mol. The minimum atomic E-state index is 0.950. The van der Waals surface area contributed by atoms with Gasteiger partial charge < -0.3 is 10.1 Å². The third-order valence-electron chi connectivity index (χ3n) is 2.34. The molecule has 0 radical (unpaired) electrons. The summed E-state index contributed by atoms with van der Waals surface area (Å²) in [5.41, 5.74) is 0. The summed E-state index contributed by atoms with van der Waals surface area (Å²) in [6.45, 7) is 2.12. The van der Waals surface area contributed by atoms with Gasteiger partial charge in [-0.15, -0.1) is 11.3 Å². The summed E-state index contributed by atoms with van der Waals surface area (Å²) in [5, 5.41) is 5.53. The first-order valence-electron chi connectivity index (χ1n) is 4.71. The van der Waals surface area contributed by atoms with E-state index in [-0.39, 0.29) is 0 Å². The molecule has 0 bridgehead atoms. The number of hydrogen-bond acceptors (Lipinski definition) is 3. The SMILES string of the molecule is COc1ccsc1CNCC1CC1. The summed E-state index contributed by atoms with van der Waals surface area (Å²) in [7, 11) is 1.73. The lowest BCUT2D eigenvalue weighted by Gasteiger charge is -2.03. The fraction of sp³-hybridized carbons (Fsp3) is 0.600. The molecule has 0 unspecified atom stereocenters. The molecule has 3 heteroatoms. The Morgan fingerprint density at radius 2 is 2.46 bits per heavy atom. The van der Waals surface area contributed by atoms with Gasteiger partial charge in [0.05, 0.1) is 12.0 Å². The monoisotopic (exact) mass is 197 g/mol. The van der Waals surface area contributed by atoms with E-state index in [2.05, 4.69) is 10.7 Å². The molecule has 1 fully saturated rings. The summed E-state index contributed by atoms with van der Waals surface area (Å²) < 4.78 is 5.23. The number of methoxy groups -OCH3 is 1. The van der Waals surface area contributed by atoms with Crippen LogP contribution in [0.5, 0.6) is 5.75 Å². The van der Waals surface area contributed by atoms with Crippen LogP contribution in [0.3, 0.4) is 0 Å². The third-order valence-corrected chi connectivity index (χ3v) is 3.24. The van der Waals surface area contributed by atoms with Gasteiger partial charge in [0.2, 0.25) is 0 Å². The van der Waals surface area contributed by atoms with Gasteiger partial charge >= 0.3 is 0 Å². The predicted octanol–water partition coefficient (Wildman–Crippen LogP) is 2.26. The smallest absolute Gasteiger partial charge is 0.134 e. The van der Waals surface area contributed by atoms with Gasteiger partial charge in [0.1, 0.15) is 5.75 Å². The van der Waals surface area contributed by atoms with Crippen LogP contribution < -0.4 is 10.1 Å². The number of hydrogen-bond donors (Lipinski definition) is 1. The number of ether oxygens (including phenoxy) is 1. The molecule has 2 nitrogen and oxygen atoms in total. The van der Waals surface area contributed by atoms with Gasteiger partial charge in [-0.05, 0) is 36.8 Å². The third kappa shape index (κ3) is 2.45. The molecule has 1 aromatic rings. The Bertz CT molecular complexity index is 268. The minimum absolute atomic E-state index is 0.950. The summed E-state index contributed by atoms with van der Waals surface area (Å²) in [4.78, 5) is 1.31. The van der Waals surface area contributed by atoms with Gasteiger partial charge in [-0.1, -0.05) is 0 Å². The molecular weight excluding hydrogens is 182 g/mol. The van der Waals surface area contributed by atoms with E-state index < -0.39 is 0 Å². The lowest BCUT2D eigenvalue weighted by Crippen LogP contribution is -2.15. The Kier molecular flexibility index (Phi) is 2.86. The Labute approximate surface area is 82.9 Å². The zero-order valence-corrected chi connectivity index (χ0v) is 8.69. The first-order valence-corrected chi connectivity index (χ1v) is 5.59. The summed E-state index contributed by atoms with van der Waals surface area (Å²) in [5.74, 6) is 1.97. The maximum absolute atomic E-state index is 5.23. The normalized spacial score (nSPS) is 16.1. The van der Waals surface area contributed by atoms with E-state index in [9.17, 15) is 0 Å². The van der Waals surface area contributed by atoms with Gasteiger partial charge in [-0.25, -0.2) is 0 Å². The molecule has 0 atom stereocenters. The van der Waals surface area contributed by atoms with Crippen LogP contribution in [0, 0.1) is 5.92 Å². The molecule has 1 aliphatic rings. The molecule has 1 aromatic heterocycles. The summed E-state index contributed by atoms with van der Waals surface area (Å²) in [6.07, 6.45) is 2.82. The summed E-state index contributed by atoms with van der Waals surface area (Å²) >= 11 is 1.76. The maximum Gasteiger partial charge on any atom is 0.134 e. The van der Waals surface area contributed by atoms with Crippen molar-refractivity contribution < 1.29 is 4.74 Å². The predicted molar refractivity (Wildman–Crippen MR) is 55.3 cm³/mol. The van der Waals surface area contributed by atoms with Crippen LogP contribution in [0.1, 0.15) is 17.7 Å². The standard InChI is InChI=1S/C10H15NOS/c1-12-9-4-5-13-10(9)7-11-6-8-2-3-8/h4-5,8,11H,2-3,6-7H2,1H3. The van der Waals surface area contributed by atoms with E-state index in [0.717, 1.165) is 18.2 Å². The van der Waals surface area contributed by atoms with Crippen molar-refractivity contribution in [2.45, 2.75) is 19.4 Å². The van der Waals surface area contributed by atoms with Crippen molar-refractivity contribution in [3.8, 4) is 5.75 Å². The van der Waals surface area contributed by atoms with Gasteiger partial charge in [0.25, 0.3) is 0 Å². The molecule has 1 N–H and O–H groups in total. The van der Waals surface area contributed by atoms with Crippen LogP contribution in [0.25, 0.3) is 0 Å². The van der Waals surface area contributed by atoms with Gasteiger partial charge in [0, 0.05) is 6.54 Å². The molecule has 1 aliphatic carbocycles. The van der Waals surface area contributed by atoms with Gasteiger partial charge in [-0.2, -0.15) is 0 Å². The highest BCUT2D eigenvalue weighted by atomic mass is 32.1. The molecule has 0 aliphatic heterocycles. The van der Waals surface area contributed by atoms with Crippen molar-refractivity contribution in [1.29, 1.82) is 0 Å². The fourth-order valence-corrected chi connectivity index (χ4v) is 2.16. The molecule has 1 saturated carbocycles. The van der Waals surface area contributed by atoms with E-state index >= 15 is 0 Å². The molecule has 0 saturated heterocycles. The van der Waals surface area contributed by atoms with E-state index in [1.54, 1.807) is 18.4 Å². The lowest BCUT2D eigenvalue weighted by atomic mass is 10.4. The van der Waals surface area contributed by atoms with E-state index in [1.807, 2.05) is 6.07 Å². The highest BCUT2D eigenvalue weighted by Gasteiger charge is 2.20. The quantitative estimate of drug-likeness (QED) is 0.781. The lowest BCUT2D eigenvalue weighted by molar-refractivity contribution is 0.410. The Morgan fingerprint density at radius 1 is 1.62 bits per heavy atom. The van der Waals surface area contributed by atoms with Crippen molar-refractivity contribution >= 4 is 11.3 Å². The van der Waals surface area contributed by atoms with Gasteiger partial charge in [-0.3, -0.25) is 0 Å². The molecule has 1 heterocycles. The highest BCUT2D eigenvalue weighted by molar-refractivity contribution is 7.10. The molecule has 72 valence electrons. The van der Waals surface area contributed by atoms with Crippen molar-refractivity contribution in [2.24, 2.45) is 5.92 Å². The second-order valence-electron chi connectivity index (χ2n) is 3.49. The molecular formula is C10H15NOS. The van der Waals surface area contributed by atoms with Crippen LogP contribution >= 0.6 is 11.3 Å². The first kappa shape index (κ1) is 9.03. The Balaban J connectivity index is 1.78. The molecule has 13 heavy (non-hydrogen) atoms. The first-order chi connectivity index (χ1) is 6.40. The zero-order valence-electron chi connectivity index (χ0n) is 7.88. The van der Waals surface area contributed by atoms with Crippen LogP contribution in [0.4, 0.5) is 0 Å². The van der Waals surface area contributed by atoms with Crippen molar-refractivity contribution in [3.63, 3.8) is 0 Å². The zero-order chi connectivity index (χ0) is 9.10. The largest absolute Gasteiger partial charge is 0.496 e. The average Bonchev–Trinajstić information content (AvgIpc) is 2.84. The second-order valence-corrected chi connectivity index (χ2v) is 4.49. The maximum atomic E-state index is 5.23. The minimum Gasteiger partial charge on any atom is -0.496 e. The van der Waals surface area contributed by atoms with Gasteiger partial charge in [0.15, 0.2) is 0 Å². The summed E-state index contributed by atoms with van der Waals surface area (Å²) in [6, 6.07) is 2.03. The number of nitrogens with one attached hydrogen (secondary N) is 1. The number of thiophene rings is 1. The molecule has 0 amide bonds. The van der Waals surface area contributed by atoms with Crippen molar-refractivity contribution in [2.75, 3.05) is 13.7 Å². The topological polar surface area (TPSA) is 21.3 Å². The molecule has 2 rings (SSSR count). The number of rotatable bonds is 5. The Morgan fingerprint density at radius 3 is 3.15 bits per heavy atom. The fourth-order valence-electron chi connectivity index (χ4n) is 1.35.